The highest BCUT2D eigenvalue weighted by molar-refractivity contribution is 5.94. The molecule has 5 rings (SSSR count). The number of rotatable bonds is 6. The third-order valence-electron chi connectivity index (χ3n) is 7.70. The first kappa shape index (κ1) is 27.1. The van der Waals surface area contributed by atoms with E-state index in [1.54, 1.807) is 0 Å². The molecule has 0 spiro atoms. The number of hydrogen-bond acceptors (Lipinski definition) is 6. The molecule has 39 heavy (non-hydrogen) atoms. The first-order chi connectivity index (χ1) is 19.0. The summed E-state index contributed by atoms with van der Waals surface area (Å²) in [6.45, 7) is 7.93. The molecule has 0 saturated carbocycles. The molecule has 208 valence electrons. The van der Waals surface area contributed by atoms with Gasteiger partial charge in [0.2, 0.25) is 5.91 Å². The molecule has 0 saturated heterocycles. The summed E-state index contributed by atoms with van der Waals surface area (Å²) in [7, 11) is 0. The standard InChI is InChI=1S/C29H40N8O2/c1-20(2)13-17-37-25-12-11-22-18-23(25)28(34-37)29(39)30-14-7-16-36(15-6-10-26(38)31-22)19-24-27(33-35-32-24)21-8-4-3-5-9-21/h3-5,8-9,20,22H,6-7,10-19H2,1-2H3,(H,30,39)(H,31,38)(H,32,33,35). The molecule has 1 atom stereocenters. The van der Waals surface area contributed by atoms with Crippen molar-refractivity contribution in [2.24, 2.45) is 5.92 Å². The minimum atomic E-state index is -0.120. The van der Waals surface area contributed by atoms with Crippen LogP contribution in [0.3, 0.4) is 0 Å². The van der Waals surface area contributed by atoms with Crippen LogP contribution in [0.15, 0.2) is 30.3 Å². The number of carbonyl (C=O) groups excluding carboxylic acids is 2. The molecule has 3 N–H and O–H groups in total. The van der Waals surface area contributed by atoms with E-state index in [0.29, 0.717) is 37.5 Å². The normalized spacial score (nSPS) is 19.3. The van der Waals surface area contributed by atoms with Crippen LogP contribution >= 0.6 is 0 Å². The van der Waals surface area contributed by atoms with Gasteiger partial charge < -0.3 is 10.6 Å². The summed E-state index contributed by atoms with van der Waals surface area (Å²) < 4.78 is 2.04. The number of aryl methyl sites for hydroxylation is 1. The van der Waals surface area contributed by atoms with Crippen LogP contribution in [0.2, 0.25) is 0 Å². The van der Waals surface area contributed by atoms with E-state index < -0.39 is 0 Å². The third kappa shape index (κ3) is 6.73. The van der Waals surface area contributed by atoms with Crippen molar-refractivity contribution < 1.29 is 9.59 Å². The molecule has 2 bridgehead atoms. The monoisotopic (exact) mass is 532 g/mol. The van der Waals surface area contributed by atoms with Crippen molar-refractivity contribution in [2.75, 3.05) is 19.6 Å². The molecule has 10 heteroatoms. The van der Waals surface area contributed by atoms with Gasteiger partial charge in [0.1, 0.15) is 11.4 Å². The summed E-state index contributed by atoms with van der Waals surface area (Å²) in [5, 5.41) is 22.7. The third-order valence-corrected chi connectivity index (χ3v) is 7.70. The van der Waals surface area contributed by atoms with Crippen molar-refractivity contribution in [2.45, 2.75) is 77.9 Å². The van der Waals surface area contributed by atoms with Crippen LogP contribution in [0.1, 0.15) is 73.4 Å². The van der Waals surface area contributed by atoms with Gasteiger partial charge in [-0.25, -0.2) is 0 Å². The summed E-state index contributed by atoms with van der Waals surface area (Å²) in [4.78, 5) is 28.4. The molecule has 10 nitrogen and oxygen atoms in total. The zero-order valence-corrected chi connectivity index (χ0v) is 23.1. The molecule has 0 fully saturated rings. The SMILES string of the molecule is CC(C)CCn1nc2c3c1CCC(C3)NC(=O)CCCN(Cc1n[nH]nc1-c1ccccc1)CCCNC2=O. The van der Waals surface area contributed by atoms with Crippen LogP contribution in [0.5, 0.6) is 0 Å². The number of nitrogens with one attached hydrogen (secondary N) is 3. The molecule has 2 aliphatic rings. The maximum atomic E-state index is 13.3. The fourth-order valence-corrected chi connectivity index (χ4v) is 5.58. The Hall–Kier alpha value is -3.53. The minimum absolute atomic E-state index is 0.0316. The molecule has 3 heterocycles. The molecule has 1 aromatic carbocycles. The zero-order chi connectivity index (χ0) is 27.2. The molecule has 1 unspecified atom stereocenters. The minimum Gasteiger partial charge on any atom is -0.353 e. The number of benzene rings is 1. The Morgan fingerprint density at radius 2 is 1.85 bits per heavy atom. The van der Waals surface area contributed by atoms with Crippen LogP contribution in [-0.2, 0) is 30.7 Å². The smallest absolute Gasteiger partial charge is 0.272 e. The van der Waals surface area contributed by atoms with Gasteiger partial charge in [0.15, 0.2) is 5.69 Å². The van der Waals surface area contributed by atoms with Crippen molar-refractivity contribution in [3.63, 3.8) is 0 Å². The Balaban J connectivity index is 1.30. The highest BCUT2D eigenvalue weighted by Gasteiger charge is 2.30. The highest BCUT2D eigenvalue weighted by Crippen LogP contribution is 2.26. The predicted molar refractivity (Wildman–Crippen MR) is 149 cm³/mol. The fraction of sp³-hybridized carbons (Fsp3) is 0.552. The van der Waals surface area contributed by atoms with E-state index >= 15 is 0 Å². The molecule has 1 aliphatic heterocycles. The average Bonchev–Trinajstić information content (AvgIpc) is 3.54. The van der Waals surface area contributed by atoms with Gasteiger partial charge in [-0.2, -0.15) is 20.5 Å². The summed E-state index contributed by atoms with van der Waals surface area (Å²) in [6, 6.07) is 10.1. The lowest BCUT2D eigenvalue weighted by atomic mass is 9.91. The first-order valence-corrected chi connectivity index (χ1v) is 14.3. The molecule has 2 aromatic heterocycles. The molecule has 2 amide bonds. The second-order valence-corrected chi connectivity index (χ2v) is 11.2. The van der Waals surface area contributed by atoms with Crippen molar-refractivity contribution in [3.05, 3.63) is 53.0 Å². The fourth-order valence-electron chi connectivity index (χ4n) is 5.58. The van der Waals surface area contributed by atoms with E-state index in [1.165, 1.54) is 0 Å². The van der Waals surface area contributed by atoms with Crippen LogP contribution in [0.25, 0.3) is 11.3 Å². The highest BCUT2D eigenvalue weighted by atomic mass is 16.2. The van der Waals surface area contributed by atoms with Crippen LogP contribution in [0, 0.1) is 5.92 Å². The van der Waals surface area contributed by atoms with E-state index in [2.05, 4.69) is 44.8 Å². The lowest BCUT2D eigenvalue weighted by molar-refractivity contribution is -0.122. The summed E-state index contributed by atoms with van der Waals surface area (Å²) in [6.07, 6.45) is 5.39. The Bertz CT molecular complexity index is 1270. The van der Waals surface area contributed by atoms with E-state index in [4.69, 9.17) is 5.10 Å². The second kappa shape index (κ2) is 12.5. The van der Waals surface area contributed by atoms with Crippen molar-refractivity contribution in [3.8, 4) is 11.3 Å². The van der Waals surface area contributed by atoms with Crippen LogP contribution in [-0.4, -0.2) is 67.6 Å². The molecular formula is C29H40N8O2. The maximum Gasteiger partial charge on any atom is 0.272 e. The number of hydrogen-bond donors (Lipinski definition) is 3. The maximum absolute atomic E-state index is 13.3. The van der Waals surface area contributed by atoms with E-state index in [-0.39, 0.29) is 17.9 Å². The second-order valence-electron chi connectivity index (χ2n) is 11.2. The topological polar surface area (TPSA) is 121 Å². The average molecular weight is 533 g/mol. The van der Waals surface area contributed by atoms with Gasteiger partial charge in [-0.1, -0.05) is 44.2 Å². The number of H-pyrrole nitrogens is 1. The lowest BCUT2D eigenvalue weighted by Gasteiger charge is -2.25. The predicted octanol–water partition coefficient (Wildman–Crippen LogP) is 3.10. The van der Waals surface area contributed by atoms with E-state index in [9.17, 15) is 9.59 Å². The number of nitrogens with zero attached hydrogens (tertiary/aromatic N) is 5. The Labute approximate surface area is 229 Å². The van der Waals surface area contributed by atoms with Gasteiger partial charge in [-0.3, -0.25) is 19.2 Å². The van der Waals surface area contributed by atoms with Crippen molar-refractivity contribution in [1.29, 1.82) is 0 Å². The zero-order valence-electron chi connectivity index (χ0n) is 23.1. The largest absolute Gasteiger partial charge is 0.353 e. The molecule has 1 aliphatic carbocycles. The number of carbonyl (C=O) groups is 2. The summed E-state index contributed by atoms with van der Waals surface area (Å²) in [5.41, 5.74) is 5.42. The Morgan fingerprint density at radius 1 is 1.03 bits per heavy atom. The number of amides is 2. The number of aromatic amines is 1. The molecule has 3 aromatic rings. The van der Waals surface area contributed by atoms with Crippen molar-refractivity contribution in [1.82, 2.24) is 40.7 Å². The van der Waals surface area contributed by atoms with Gasteiger partial charge in [0.05, 0.1) is 0 Å². The number of aromatic nitrogens is 5. The van der Waals surface area contributed by atoms with Gasteiger partial charge in [0.25, 0.3) is 5.91 Å². The van der Waals surface area contributed by atoms with E-state index in [1.807, 2.05) is 35.0 Å². The summed E-state index contributed by atoms with van der Waals surface area (Å²) in [5.74, 6) is 0.515. The molecular weight excluding hydrogens is 492 g/mol. The van der Waals surface area contributed by atoms with Gasteiger partial charge >= 0.3 is 0 Å². The van der Waals surface area contributed by atoms with Gasteiger partial charge in [-0.15, -0.1) is 0 Å². The first-order valence-electron chi connectivity index (χ1n) is 14.3. The lowest BCUT2D eigenvalue weighted by Crippen LogP contribution is -2.39. The number of fused-ring (bicyclic) bond motifs is 1. The Kier molecular flexibility index (Phi) is 8.71. The van der Waals surface area contributed by atoms with E-state index in [0.717, 1.165) is 79.9 Å². The van der Waals surface area contributed by atoms with Gasteiger partial charge in [0, 0.05) is 55.5 Å². The quantitative estimate of drug-likeness (QED) is 0.449. The van der Waals surface area contributed by atoms with Crippen LogP contribution in [0.4, 0.5) is 0 Å². The van der Waals surface area contributed by atoms with Crippen molar-refractivity contribution >= 4 is 11.8 Å². The Morgan fingerprint density at radius 3 is 2.67 bits per heavy atom. The molecule has 0 radical (unpaired) electrons. The van der Waals surface area contributed by atoms with Crippen LogP contribution < -0.4 is 10.6 Å². The summed E-state index contributed by atoms with van der Waals surface area (Å²) >= 11 is 0. The van der Waals surface area contributed by atoms with Gasteiger partial charge in [-0.05, 0) is 51.0 Å².